The molecule has 31 heteroatoms. The molecular weight excluding hydrogens is 1640 g/mol. The van der Waals surface area contributed by atoms with Gasteiger partial charge in [-0.3, -0.25) is 49.5 Å². The molecule has 6 atom stereocenters. The van der Waals surface area contributed by atoms with E-state index in [4.69, 9.17) is 25.5 Å². The van der Waals surface area contributed by atoms with E-state index in [1.165, 1.54) is 129 Å². The van der Waals surface area contributed by atoms with Crippen LogP contribution in [0.3, 0.4) is 0 Å². The van der Waals surface area contributed by atoms with Gasteiger partial charge >= 0.3 is 142 Å². The number of aldehydes is 1. The van der Waals surface area contributed by atoms with Crippen molar-refractivity contribution in [1.82, 2.24) is 35.0 Å². The standard InChI is InChI=1S/C22H22FN3O4.C21H20FN3O4.C20H20ClOP.C20H18FN3O4.C4H9N.C4H8O.CH4.ClH2N/c1-30-13-14-8-16-11-25(12-17(16)9-14)22(27)10-20-21(26(28)29)7-6-19(24-20)15-2-4-18(23)5-3-15;22-17-3-1-14(2-4-17)18-5-6-20(25(28)29)19(23-18)9-21(27)24-10-15-7-13(12-26)8-16(15)11-24;1-22-17-23(21,18-11-5-2-6-12-18,19-13-7-3-8-14-19)20-15-9-4-10-16-20;21-15-3-1-12(2-4-15)17-5-6-19(24(27)28)18(22-17)9-20(26)23-10-13-7-16(25)8-14(13)11-23;2*1-2-4-5-3-1;;1-2/h2-7,13,16-17H,8-12H2,1H3;1-6,12-13,15-16H,7-11H2;2-16H,17H2,1H3;1-6,13-14H,7-11H2;5H,1-4H2;1-4H2;1H4;2H2. The number of hydrogen-bond donors (Lipinski definition) is 2. The number of amides is 3. The molecule has 3 saturated carbocycles. The Morgan fingerprint density at radius 1 is 0.496 bits per heavy atom. The van der Waals surface area contributed by atoms with Crippen molar-refractivity contribution in [2.75, 3.05) is 86.1 Å². The quantitative estimate of drug-likeness (QED) is 0.0190. The zero-order valence-corrected chi connectivity index (χ0v) is 70.3. The van der Waals surface area contributed by atoms with Gasteiger partial charge in [0.05, 0.1) is 64.5 Å². The average Bonchev–Trinajstić information content (AvgIpc) is 1.39. The molecule has 3 aromatic heterocycles. The molecule has 6 unspecified atom stereocenters. The van der Waals surface area contributed by atoms with Crippen LogP contribution in [0.15, 0.2) is 212 Å². The van der Waals surface area contributed by atoms with E-state index in [0.29, 0.717) is 116 Å². The molecule has 0 spiro atoms. The number of Topliss-reactive ketones (excluding diaryl/α,β-unsaturated/α-hetero) is 1. The van der Waals surface area contributed by atoms with E-state index >= 15 is 0 Å². The molecule has 3 aliphatic carbocycles. The summed E-state index contributed by atoms with van der Waals surface area (Å²) < 4.78 is 55.2. The number of hydrogen-bond acceptors (Lipinski definition) is 19. The second-order valence-corrected chi connectivity index (χ2v) is 37.8. The molecule has 0 bridgehead atoms. The third-order valence-corrected chi connectivity index (χ3v) is 30.3. The van der Waals surface area contributed by atoms with Gasteiger partial charge in [-0.1, -0.05) is 7.43 Å². The van der Waals surface area contributed by atoms with Gasteiger partial charge in [-0.2, -0.15) is 0 Å². The fourth-order valence-electron chi connectivity index (χ4n) is 17.3. The van der Waals surface area contributed by atoms with Crippen LogP contribution < -0.4 is 26.5 Å². The summed E-state index contributed by atoms with van der Waals surface area (Å²) in [4.78, 5) is 112. The van der Waals surface area contributed by atoms with E-state index in [9.17, 15) is 67.5 Å². The molecule has 3 amide bonds. The smallest absolute Gasteiger partial charge is 0.291 e. The van der Waals surface area contributed by atoms with E-state index in [-0.39, 0.29) is 120 Å². The van der Waals surface area contributed by atoms with Crippen molar-refractivity contribution in [3.05, 3.63) is 277 Å². The van der Waals surface area contributed by atoms with Crippen LogP contribution in [-0.2, 0) is 57.4 Å². The first-order valence-electron chi connectivity index (χ1n) is 40.6. The van der Waals surface area contributed by atoms with Crippen LogP contribution in [0.2, 0.25) is 0 Å². The van der Waals surface area contributed by atoms with Gasteiger partial charge in [0.2, 0.25) is 17.7 Å². The maximum absolute atomic E-state index is 13.2. The molecular formula is C92H103Cl2F3N11O14P. The second-order valence-electron chi connectivity index (χ2n) is 31.4. The second kappa shape index (κ2) is 44.8. The summed E-state index contributed by atoms with van der Waals surface area (Å²) in [5.74, 6) is -2.74. The molecule has 0 radical (unpaired) electrons. The average molecular weight is 1750 g/mol. The minimum Gasteiger partial charge on any atom is -0.342 e. The molecule has 3 N–H and O–H groups in total. The molecule has 8 heterocycles. The predicted octanol–water partition coefficient (Wildman–Crippen LogP) is 15.7. The summed E-state index contributed by atoms with van der Waals surface area (Å²) in [5.41, 5.74) is 4.21. The Balaban J connectivity index is 0.000000164. The number of rotatable bonds is 19. The van der Waals surface area contributed by atoms with Crippen molar-refractivity contribution in [3.8, 4) is 33.8 Å². The fourth-order valence-corrected chi connectivity index (χ4v) is 22.8. The topological polar surface area (TPSA) is 329 Å². The van der Waals surface area contributed by atoms with Crippen LogP contribution in [-0.4, -0.2) is 160 Å². The zero-order chi connectivity index (χ0) is 86.9. The van der Waals surface area contributed by atoms with Crippen LogP contribution >= 0.6 is 29.0 Å². The predicted molar refractivity (Wildman–Crippen MR) is 470 cm³/mol. The number of methoxy groups -OCH3 is 2. The minimum atomic E-state index is -3.18. The van der Waals surface area contributed by atoms with Crippen LogP contribution in [0.1, 0.15) is 88.7 Å². The molecule has 17 rings (SSSR count). The molecule has 6 aromatic carbocycles. The van der Waals surface area contributed by atoms with Crippen molar-refractivity contribution in [2.24, 2.45) is 46.7 Å². The van der Waals surface area contributed by atoms with Gasteiger partial charge in [0.25, 0.3) is 17.1 Å². The first-order valence-corrected chi connectivity index (χ1v) is 44.4. The third kappa shape index (κ3) is 24.0. The van der Waals surface area contributed by atoms with Crippen molar-refractivity contribution >= 4 is 91.7 Å². The Hall–Kier alpha value is -11.1. The van der Waals surface area contributed by atoms with Gasteiger partial charge in [0.15, 0.2) is 0 Å². The maximum atomic E-state index is 13.2. The van der Waals surface area contributed by atoms with E-state index < -0.39 is 20.7 Å². The molecule has 8 fully saturated rings. The number of benzene rings is 6. The van der Waals surface area contributed by atoms with Crippen LogP contribution in [0, 0.1) is 89.2 Å². The van der Waals surface area contributed by atoms with Crippen molar-refractivity contribution in [1.29, 1.82) is 0 Å². The monoisotopic (exact) mass is 1740 g/mol. The zero-order valence-electron chi connectivity index (χ0n) is 67.9. The summed E-state index contributed by atoms with van der Waals surface area (Å²) in [6.07, 6.45) is 12.6. The summed E-state index contributed by atoms with van der Waals surface area (Å²) in [7, 11) is 3.36. The molecule has 9 aromatic rings. The molecule has 650 valence electrons. The fraction of sp³-hybridized carbons (Fsp3) is 0.370. The van der Waals surface area contributed by atoms with E-state index in [1.54, 1.807) is 59.4 Å². The molecule has 5 aliphatic heterocycles. The number of carbonyl (C=O) groups excluding carboxylic acids is 5. The number of nitrogens with zero attached hydrogens (tertiary/aromatic N) is 9. The number of ether oxygens (including phenoxy) is 3. The Morgan fingerprint density at radius 3 is 1.08 bits per heavy atom. The number of allylic oxidation sites excluding steroid dienone is 1. The minimum absolute atomic E-state index is 0. The van der Waals surface area contributed by atoms with Crippen LogP contribution in [0.4, 0.5) is 30.2 Å². The van der Waals surface area contributed by atoms with Gasteiger partial charge in [-0.25, -0.2) is 33.4 Å². The van der Waals surface area contributed by atoms with Gasteiger partial charge in [-0.05, 0) is 208 Å². The SMILES string of the molecule is C.C1CCNC1.C1CCOC1.COC=C1CC2CN(C(=O)Cc3nc(-c4ccc(F)cc4)ccc3[N+](=O)[O-])CC2C1.COCP(Cl)(c1ccccc1)(c1ccccc1)c1ccccc1.NCl.O=C1CC2CN(C(=O)Cc3nc(-c4ccc(F)cc4)ccc3[N+](=O)[O-])CC2C1.O=CC1CC2CN(C(=O)Cc3nc(-c4ccc(F)cc4)ccc3[N+](=O)[O-])CC2C1. The Labute approximate surface area is 723 Å². The van der Waals surface area contributed by atoms with E-state index in [1.807, 2.05) is 54.6 Å². The van der Waals surface area contributed by atoms with Crippen molar-refractivity contribution in [2.45, 2.75) is 90.9 Å². The Morgan fingerprint density at radius 2 is 0.813 bits per heavy atom. The largest absolute Gasteiger partial charge is 0.342 e. The first kappa shape index (κ1) is 94.2. The molecule has 123 heavy (non-hydrogen) atoms. The molecule has 25 nitrogen and oxygen atoms in total. The van der Waals surface area contributed by atoms with Crippen LogP contribution in [0.25, 0.3) is 33.8 Å². The van der Waals surface area contributed by atoms with Crippen molar-refractivity contribution in [3.63, 3.8) is 0 Å². The Bertz CT molecular complexity index is 4960. The van der Waals surface area contributed by atoms with Gasteiger partial charge in [0, 0.05) is 106 Å². The number of carbonyl (C=O) groups is 5. The van der Waals surface area contributed by atoms with Gasteiger partial charge in [0.1, 0.15) is 46.6 Å². The number of nitro groups is 3. The van der Waals surface area contributed by atoms with Crippen LogP contribution in [0.5, 0.6) is 0 Å². The maximum Gasteiger partial charge on any atom is 0.291 e. The number of halogens is 5. The Kier molecular flexibility index (Phi) is 34.3. The number of nitrogens with one attached hydrogen (secondary N) is 1. The number of aromatic nitrogens is 3. The number of pyridine rings is 3. The number of nitrogens with two attached hydrogens (primary N) is 1. The number of ketones is 1. The summed E-state index contributed by atoms with van der Waals surface area (Å²) >= 11 is 11.8. The summed E-state index contributed by atoms with van der Waals surface area (Å²) in [6, 6.07) is 56.6. The first-order chi connectivity index (χ1) is 59.0. The van der Waals surface area contributed by atoms with E-state index in [0.717, 1.165) is 61.1 Å². The van der Waals surface area contributed by atoms with Crippen molar-refractivity contribution < 1.29 is 66.1 Å². The van der Waals surface area contributed by atoms with E-state index in [2.05, 4.69) is 73.7 Å². The third-order valence-electron chi connectivity index (χ3n) is 23.4. The summed E-state index contributed by atoms with van der Waals surface area (Å²) in [5, 5.41) is 44.8. The molecule has 5 saturated heterocycles. The number of likely N-dealkylation sites (tertiary alicyclic amines) is 3. The summed E-state index contributed by atoms with van der Waals surface area (Å²) in [6.45, 7) is 7.99. The number of fused-ring (bicyclic) bond motifs is 3. The van der Waals surface area contributed by atoms with Gasteiger partial charge < -0.3 is 34.3 Å². The normalized spacial score (nSPS) is 19.6. The molecule has 8 aliphatic rings. The van der Waals surface area contributed by atoms with Gasteiger partial charge in [-0.15, -0.1) is 0 Å².